The van der Waals surface area contributed by atoms with Crippen molar-refractivity contribution in [2.75, 3.05) is 6.54 Å². The molecule has 0 amide bonds. The molecule has 5 heteroatoms. The molecule has 1 aromatic carbocycles. The van der Waals surface area contributed by atoms with Gasteiger partial charge in [0.15, 0.2) is 12.4 Å². The number of benzene rings is 1. The van der Waals surface area contributed by atoms with E-state index in [0.717, 1.165) is 25.1 Å². The van der Waals surface area contributed by atoms with Crippen LogP contribution in [0.25, 0.3) is 0 Å². The summed E-state index contributed by atoms with van der Waals surface area (Å²) < 4.78 is 10.7. The first kappa shape index (κ1) is 15.5. The zero-order valence-electron chi connectivity index (χ0n) is 12.9. The summed E-state index contributed by atoms with van der Waals surface area (Å²) in [4.78, 5) is 4.11. The molecule has 0 aliphatic carbocycles. The number of rotatable bonds is 8. The topological polar surface area (TPSA) is 60.2 Å². The van der Waals surface area contributed by atoms with Gasteiger partial charge < -0.3 is 14.6 Å². The van der Waals surface area contributed by atoms with Crippen LogP contribution in [0.2, 0.25) is 0 Å². The van der Waals surface area contributed by atoms with Gasteiger partial charge in [-0.1, -0.05) is 31.1 Å². The van der Waals surface area contributed by atoms with E-state index in [0.29, 0.717) is 24.4 Å². The first-order valence-corrected chi connectivity index (χ1v) is 7.48. The fourth-order valence-electron chi connectivity index (χ4n) is 2.16. The number of aryl methyl sites for hydroxylation is 1. The molecular weight excluding hydrogens is 266 g/mol. The van der Waals surface area contributed by atoms with Crippen molar-refractivity contribution >= 4 is 0 Å². The van der Waals surface area contributed by atoms with Crippen LogP contribution >= 0.6 is 0 Å². The van der Waals surface area contributed by atoms with Gasteiger partial charge in [-0.15, -0.1) is 0 Å². The summed E-state index contributed by atoms with van der Waals surface area (Å²) in [5.74, 6) is 1.92. The Labute approximate surface area is 125 Å². The lowest BCUT2D eigenvalue weighted by Gasteiger charge is -2.17. The van der Waals surface area contributed by atoms with Crippen LogP contribution in [0.5, 0.6) is 5.75 Å². The van der Waals surface area contributed by atoms with Crippen molar-refractivity contribution in [3.63, 3.8) is 0 Å². The average Bonchev–Trinajstić information content (AvgIpc) is 2.93. The average molecular weight is 289 g/mol. The lowest BCUT2D eigenvalue weighted by atomic mass is 10.0. The van der Waals surface area contributed by atoms with Crippen LogP contribution in [0.3, 0.4) is 0 Å². The third-order valence-electron chi connectivity index (χ3n) is 3.26. The summed E-state index contributed by atoms with van der Waals surface area (Å²) in [5.41, 5.74) is 1.28. The molecule has 0 spiro atoms. The third-order valence-corrected chi connectivity index (χ3v) is 3.26. The second kappa shape index (κ2) is 7.78. The Morgan fingerprint density at radius 1 is 1.24 bits per heavy atom. The molecule has 1 aromatic heterocycles. The standard InChI is InChI=1S/C16H23N3O2/c1-4-10-17-15(5-2)13-6-8-14(9-7-13)20-11-16-18-12(3)19-21-16/h6-9,15,17H,4-5,10-11H2,1-3H3. The lowest BCUT2D eigenvalue weighted by molar-refractivity contribution is 0.242. The maximum absolute atomic E-state index is 5.64. The molecular formula is C16H23N3O2. The lowest BCUT2D eigenvalue weighted by Crippen LogP contribution is -2.21. The van der Waals surface area contributed by atoms with Gasteiger partial charge in [0.2, 0.25) is 0 Å². The molecule has 1 atom stereocenters. The van der Waals surface area contributed by atoms with Crippen molar-refractivity contribution in [2.24, 2.45) is 0 Å². The number of ether oxygens (including phenoxy) is 1. The van der Waals surface area contributed by atoms with Crippen LogP contribution < -0.4 is 10.1 Å². The molecule has 2 rings (SSSR count). The summed E-state index contributed by atoms with van der Waals surface area (Å²) in [6, 6.07) is 8.57. The molecule has 1 heterocycles. The van der Waals surface area contributed by atoms with Gasteiger partial charge in [-0.2, -0.15) is 4.98 Å². The van der Waals surface area contributed by atoms with Gasteiger partial charge >= 0.3 is 0 Å². The zero-order chi connectivity index (χ0) is 15.1. The molecule has 0 fully saturated rings. The summed E-state index contributed by atoms with van der Waals surface area (Å²) in [6.45, 7) is 7.49. The van der Waals surface area contributed by atoms with Gasteiger partial charge in [0.25, 0.3) is 5.89 Å². The molecule has 5 nitrogen and oxygen atoms in total. The highest BCUT2D eigenvalue weighted by Gasteiger charge is 2.08. The Morgan fingerprint density at radius 3 is 2.57 bits per heavy atom. The molecule has 1 N–H and O–H groups in total. The van der Waals surface area contributed by atoms with E-state index in [-0.39, 0.29) is 0 Å². The van der Waals surface area contributed by atoms with Crippen LogP contribution in [0.15, 0.2) is 28.8 Å². The van der Waals surface area contributed by atoms with Crippen LogP contribution in [0, 0.1) is 6.92 Å². The second-order valence-corrected chi connectivity index (χ2v) is 5.01. The second-order valence-electron chi connectivity index (χ2n) is 5.01. The third kappa shape index (κ3) is 4.56. The highest BCUT2D eigenvalue weighted by atomic mass is 16.5. The molecule has 1 unspecified atom stereocenters. The molecule has 0 bridgehead atoms. The van der Waals surface area contributed by atoms with Crippen molar-refractivity contribution in [1.29, 1.82) is 0 Å². The minimum Gasteiger partial charge on any atom is -0.484 e. The Morgan fingerprint density at radius 2 is 2.00 bits per heavy atom. The maximum atomic E-state index is 5.64. The first-order chi connectivity index (χ1) is 10.2. The van der Waals surface area contributed by atoms with Crippen molar-refractivity contribution in [3.05, 3.63) is 41.5 Å². The van der Waals surface area contributed by atoms with E-state index in [1.807, 2.05) is 12.1 Å². The van der Waals surface area contributed by atoms with Crippen LogP contribution in [-0.4, -0.2) is 16.7 Å². The van der Waals surface area contributed by atoms with Gasteiger partial charge in [0.1, 0.15) is 5.75 Å². The monoisotopic (exact) mass is 289 g/mol. The maximum Gasteiger partial charge on any atom is 0.264 e. The Bertz CT molecular complexity index is 537. The number of nitrogens with zero attached hydrogens (tertiary/aromatic N) is 2. The van der Waals surface area contributed by atoms with E-state index in [2.05, 4.69) is 41.4 Å². The van der Waals surface area contributed by atoms with Crippen molar-refractivity contribution < 1.29 is 9.26 Å². The summed E-state index contributed by atoms with van der Waals surface area (Å²) in [7, 11) is 0. The van der Waals surface area contributed by atoms with Gasteiger partial charge in [-0.05, 0) is 44.0 Å². The van der Waals surface area contributed by atoms with Crippen LogP contribution in [0.1, 0.15) is 50.0 Å². The van der Waals surface area contributed by atoms with Crippen molar-refractivity contribution in [2.45, 2.75) is 46.3 Å². The van der Waals surface area contributed by atoms with Crippen LogP contribution in [-0.2, 0) is 6.61 Å². The largest absolute Gasteiger partial charge is 0.484 e. The van der Waals surface area contributed by atoms with Gasteiger partial charge in [-0.25, -0.2) is 0 Å². The molecule has 0 radical (unpaired) electrons. The van der Waals surface area contributed by atoms with Crippen LogP contribution in [0.4, 0.5) is 0 Å². The summed E-state index contributed by atoms with van der Waals surface area (Å²) in [5, 5.41) is 7.27. The van der Waals surface area contributed by atoms with Gasteiger partial charge in [0.05, 0.1) is 0 Å². The molecule has 0 saturated heterocycles. The minimum absolute atomic E-state index is 0.297. The predicted molar refractivity (Wildman–Crippen MR) is 81.1 cm³/mol. The van der Waals surface area contributed by atoms with Crippen molar-refractivity contribution in [3.8, 4) is 5.75 Å². The SMILES string of the molecule is CCCNC(CC)c1ccc(OCc2nc(C)no2)cc1. The fourth-order valence-corrected chi connectivity index (χ4v) is 2.16. The summed E-state index contributed by atoms with van der Waals surface area (Å²) in [6.07, 6.45) is 2.21. The van der Waals surface area contributed by atoms with Crippen molar-refractivity contribution in [1.82, 2.24) is 15.5 Å². The number of hydrogen-bond acceptors (Lipinski definition) is 5. The molecule has 0 aliphatic rings. The highest BCUT2D eigenvalue weighted by Crippen LogP contribution is 2.20. The van der Waals surface area contributed by atoms with Gasteiger partial charge in [-0.3, -0.25) is 0 Å². The molecule has 114 valence electrons. The Kier molecular flexibility index (Phi) is 5.75. The minimum atomic E-state index is 0.297. The first-order valence-electron chi connectivity index (χ1n) is 7.48. The Balaban J connectivity index is 1.91. The van der Waals surface area contributed by atoms with E-state index in [9.17, 15) is 0 Å². The molecule has 2 aromatic rings. The smallest absolute Gasteiger partial charge is 0.264 e. The fraction of sp³-hybridized carbons (Fsp3) is 0.500. The van der Waals surface area contributed by atoms with Gasteiger partial charge in [0, 0.05) is 6.04 Å². The molecule has 0 saturated carbocycles. The Hall–Kier alpha value is -1.88. The highest BCUT2D eigenvalue weighted by molar-refractivity contribution is 5.29. The normalized spacial score (nSPS) is 12.3. The van der Waals surface area contributed by atoms with E-state index >= 15 is 0 Å². The van der Waals surface area contributed by atoms with E-state index in [1.54, 1.807) is 6.92 Å². The summed E-state index contributed by atoms with van der Waals surface area (Å²) >= 11 is 0. The number of hydrogen-bond donors (Lipinski definition) is 1. The molecule has 0 aliphatic heterocycles. The zero-order valence-corrected chi connectivity index (χ0v) is 12.9. The van der Waals surface area contributed by atoms with E-state index in [1.165, 1.54) is 5.56 Å². The predicted octanol–water partition coefficient (Wildman–Crippen LogP) is 3.41. The van der Waals surface area contributed by atoms with E-state index < -0.39 is 0 Å². The quantitative estimate of drug-likeness (QED) is 0.807. The number of nitrogens with one attached hydrogen (secondary N) is 1. The molecule has 21 heavy (non-hydrogen) atoms. The van der Waals surface area contributed by atoms with E-state index in [4.69, 9.17) is 9.26 Å². The number of aromatic nitrogens is 2.